The smallest absolute Gasteiger partial charge is 0.0330 e. The molecule has 2 aliphatic rings. The molecule has 0 radical (unpaired) electrons. The van der Waals surface area contributed by atoms with Crippen molar-refractivity contribution >= 4 is 0 Å². The predicted molar refractivity (Wildman–Crippen MR) is 87.2 cm³/mol. The highest BCUT2D eigenvalue weighted by Gasteiger charge is 2.41. The largest absolute Gasteiger partial charge is 0.314 e. The molecule has 0 aliphatic heterocycles. The lowest BCUT2D eigenvalue weighted by Crippen LogP contribution is -2.58. The number of hydrogen-bond donors (Lipinski definition) is 1. The van der Waals surface area contributed by atoms with Crippen LogP contribution in [0.15, 0.2) is 0 Å². The Kier molecular flexibility index (Phi) is 5.88. The van der Waals surface area contributed by atoms with E-state index in [9.17, 15) is 0 Å². The van der Waals surface area contributed by atoms with Crippen LogP contribution in [0.25, 0.3) is 0 Å². The molecule has 2 rings (SSSR count). The highest BCUT2D eigenvalue weighted by Crippen LogP contribution is 2.37. The van der Waals surface area contributed by atoms with E-state index >= 15 is 0 Å². The Bertz CT molecular complexity index is 286. The summed E-state index contributed by atoms with van der Waals surface area (Å²) in [7, 11) is 6.88. The fraction of sp³-hybridized carbons (Fsp3) is 1.00. The van der Waals surface area contributed by atoms with Gasteiger partial charge in [-0.2, -0.15) is 0 Å². The van der Waals surface area contributed by atoms with Crippen molar-refractivity contribution in [3.8, 4) is 0 Å². The van der Waals surface area contributed by atoms with Crippen molar-refractivity contribution in [1.82, 2.24) is 15.1 Å². The van der Waals surface area contributed by atoms with Crippen LogP contribution < -0.4 is 5.32 Å². The SMILES string of the molecule is CCCNC1CCCC(N(C)CC2(N(C)C)CCC2)C1. The molecule has 3 nitrogen and oxygen atoms in total. The maximum atomic E-state index is 3.73. The van der Waals surface area contributed by atoms with Crippen LogP contribution in [0.2, 0.25) is 0 Å². The lowest BCUT2D eigenvalue weighted by Gasteiger charge is -2.51. The van der Waals surface area contributed by atoms with Gasteiger partial charge >= 0.3 is 0 Å². The van der Waals surface area contributed by atoms with E-state index in [1.165, 1.54) is 64.5 Å². The Labute approximate surface area is 126 Å². The first kappa shape index (κ1) is 16.3. The number of nitrogens with zero attached hydrogens (tertiary/aromatic N) is 2. The van der Waals surface area contributed by atoms with E-state index in [0.717, 1.165) is 12.1 Å². The van der Waals surface area contributed by atoms with E-state index < -0.39 is 0 Å². The van der Waals surface area contributed by atoms with Crippen LogP contribution in [0.1, 0.15) is 58.3 Å². The molecule has 2 saturated carbocycles. The number of nitrogens with one attached hydrogen (secondary N) is 1. The Hall–Kier alpha value is -0.120. The zero-order valence-electron chi connectivity index (χ0n) is 14.1. The van der Waals surface area contributed by atoms with Crippen molar-refractivity contribution in [2.45, 2.75) is 75.9 Å². The van der Waals surface area contributed by atoms with Crippen LogP contribution in [0.4, 0.5) is 0 Å². The standard InChI is InChI=1S/C17H35N3/c1-5-12-18-15-8-6-9-16(13-15)20(4)14-17(19(2)3)10-7-11-17/h15-16,18H,5-14H2,1-4H3. The van der Waals surface area contributed by atoms with Gasteiger partial charge in [0.05, 0.1) is 0 Å². The molecular weight excluding hydrogens is 246 g/mol. The summed E-state index contributed by atoms with van der Waals surface area (Å²) in [5, 5.41) is 3.73. The van der Waals surface area contributed by atoms with Crippen LogP contribution in [-0.2, 0) is 0 Å². The monoisotopic (exact) mass is 281 g/mol. The van der Waals surface area contributed by atoms with Gasteiger partial charge in [0, 0.05) is 24.2 Å². The quantitative estimate of drug-likeness (QED) is 0.774. The summed E-state index contributed by atoms with van der Waals surface area (Å²) in [5.74, 6) is 0. The highest BCUT2D eigenvalue weighted by atomic mass is 15.2. The Morgan fingerprint density at radius 3 is 2.40 bits per heavy atom. The fourth-order valence-electron chi connectivity index (χ4n) is 4.02. The van der Waals surface area contributed by atoms with Crippen molar-refractivity contribution in [3.05, 3.63) is 0 Å². The molecule has 0 saturated heterocycles. The normalized spacial score (nSPS) is 29.7. The second-order valence-electron chi connectivity index (χ2n) is 7.36. The lowest BCUT2D eigenvalue weighted by atomic mass is 9.75. The van der Waals surface area contributed by atoms with Gasteiger partial charge in [0.1, 0.15) is 0 Å². The number of rotatable bonds is 7. The first-order valence-electron chi connectivity index (χ1n) is 8.68. The summed E-state index contributed by atoms with van der Waals surface area (Å²) in [6.45, 7) is 4.70. The average Bonchev–Trinajstić information content (AvgIpc) is 2.40. The average molecular weight is 281 g/mol. The minimum Gasteiger partial charge on any atom is -0.314 e. The third-order valence-electron chi connectivity index (χ3n) is 5.73. The van der Waals surface area contributed by atoms with E-state index in [0.29, 0.717) is 5.54 Å². The van der Waals surface area contributed by atoms with Crippen LogP contribution in [0.3, 0.4) is 0 Å². The van der Waals surface area contributed by atoms with E-state index in [4.69, 9.17) is 0 Å². The second-order valence-corrected chi connectivity index (χ2v) is 7.36. The minimum absolute atomic E-state index is 0.471. The van der Waals surface area contributed by atoms with Gasteiger partial charge in [-0.15, -0.1) is 0 Å². The summed E-state index contributed by atoms with van der Waals surface area (Å²) >= 11 is 0. The van der Waals surface area contributed by atoms with Gasteiger partial charge in [0.15, 0.2) is 0 Å². The molecule has 2 aliphatic carbocycles. The highest BCUT2D eigenvalue weighted by molar-refractivity contribution is 4.99. The van der Waals surface area contributed by atoms with Crippen molar-refractivity contribution < 1.29 is 0 Å². The summed E-state index contributed by atoms with van der Waals surface area (Å²) < 4.78 is 0. The van der Waals surface area contributed by atoms with Crippen LogP contribution in [-0.4, -0.2) is 61.7 Å². The van der Waals surface area contributed by atoms with Crippen molar-refractivity contribution in [2.75, 3.05) is 34.2 Å². The minimum atomic E-state index is 0.471. The first-order chi connectivity index (χ1) is 9.57. The Morgan fingerprint density at radius 1 is 1.10 bits per heavy atom. The molecule has 0 aromatic carbocycles. The van der Waals surface area contributed by atoms with E-state index in [2.05, 4.69) is 43.2 Å². The number of likely N-dealkylation sites (N-methyl/N-ethyl adjacent to an activating group) is 2. The predicted octanol–water partition coefficient (Wildman–Crippen LogP) is 2.71. The van der Waals surface area contributed by atoms with Gasteiger partial charge < -0.3 is 15.1 Å². The van der Waals surface area contributed by atoms with Gasteiger partial charge in [-0.25, -0.2) is 0 Å². The third-order valence-corrected chi connectivity index (χ3v) is 5.73. The van der Waals surface area contributed by atoms with E-state index in [1.807, 2.05) is 0 Å². The van der Waals surface area contributed by atoms with Gasteiger partial charge in [-0.3, -0.25) is 0 Å². The molecule has 2 unspecified atom stereocenters. The molecule has 0 aromatic rings. The maximum absolute atomic E-state index is 3.73. The molecule has 20 heavy (non-hydrogen) atoms. The molecule has 2 fully saturated rings. The van der Waals surface area contributed by atoms with E-state index in [-0.39, 0.29) is 0 Å². The summed E-state index contributed by atoms with van der Waals surface area (Å²) in [4.78, 5) is 5.14. The molecular formula is C17H35N3. The zero-order valence-corrected chi connectivity index (χ0v) is 14.1. The van der Waals surface area contributed by atoms with Gasteiger partial charge in [0.2, 0.25) is 0 Å². The summed E-state index contributed by atoms with van der Waals surface area (Å²) in [5.41, 5.74) is 0.471. The maximum Gasteiger partial charge on any atom is 0.0330 e. The third kappa shape index (κ3) is 3.75. The van der Waals surface area contributed by atoms with Crippen LogP contribution in [0.5, 0.6) is 0 Å². The van der Waals surface area contributed by atoms with E-state index in [1.54, 1.807) is 0 Å². The molecule has 118 valence electrons. The van der Waals surface area contributed by atoms with Crippen molar-refractivity contribution in [1.29, 1.82) is 0 Å². The summed E-state index contributed by atoms with van der Waals surface area (Å²) in [6, 6.07) is 1.54. The molecule has 1 N–H and O–H groups in total. The van der Waals surface area contributed by atoms with Gasteiger partial charge in [-0.1, -0.05) is 13.3 Å². The molecule has 3 heteroatoms. The van der Waals surface area contributed by atoms with Crippen LogP contribution >= 0.6 is 0 Å². The molecule has 0 bridgehead atoms. The molecule has 0 spiro atoms. The fourth-order valence-corrected chi connectivity index (χ4v) is 4.02. The summed E-state index contributed by atoms with van der Waals surface area (Å²) in [6.07, 6.45) is 10.9. The van der Waals surface area contributed by atoms with Crippen LogP contribution in [0, 0.1) is 0 Å². The first-order valence-corrected chi connectivity index (χ1v) is 8.68. The molecule has 2 atom stereocenters. The lowest BCUT2D eigenvalue weighted by molar-refractivity contribution is 0.00917. The molecule has 0 heterocycles. The zero-order chi connectivity index (χ0) is 14.6. The van der Waals surface area contributed by atoms with Gasteiger partial charge in [-0.05, 0) is 72.6 Å². The molecule has 0 amide bonds. The Balaban J connectivity index is 1.83. The second kappa shape index (κ2) is 7.24. The Morgan fingerprint density at radius 2 is 1.85 bits per heavy atom. The van der Waals surface area contributed by atoms with Crippen molar-refractivity contribution in [2.24, 2.45) is 0 Å². The topological polar surface area (TPSA) is 18.5 Å². The number of hydrogen-bond acceptors (Lipinski definition) is 3. The van der Waals surface area contributed by atoms with Gasteiger partial charge in [0.25, 0.3) is 0 Å². The van der Waals surface area contributed by atoms with Crippen molar-refractivity contribution in [3.63, 3.8) is 0 Å². The molecule has 0 aromatic heterocycles.